The zero-order chi connectivity index (χ0) is 18.7. The Bertz CT molecular complexity index is 800. The minimum absolute atomic E-state index is 0.112. The quantitative estimate of drug-likeness (QED) is 0.817. The van der Waals surface area contributed by atoms with Crippen LogP contribution >= 0.6 is 23.2 Å². The molecule has 7 heteroatoms. The number of amides is 1. The molecule has 0 saturated heterocycles. The molecule has 2 N–H and O–H groups in total. The maximum Gasteiger partial charge on any atom is 0.282 e. The number of fused-ring (bicyclic) bond motifs is 1. The molecule has 0 saturated carbocycles. The van der Waals surface area contributed by atoms with Gasteiger partial charge in [0.2, 0.25) is 0 Å². The van der Waals surface area contributed by atoms with Crippen molar-refractivity contribution >= 4 is 34.8 Å². The summed E-state index contributed by atoms with van der Waals surface area (Å²) in [6.07, 6.45) is -0.112. The van der Waals surface area contributed by atoms with Crippen LogP contribution in [0.5, 0.6) is 11.5 Å². The maximum absolute atomic E-state index is 12.5. The van der Waals surface area contributed by atoms with Gasteiger partial charge < -0.3 is 19.7 Å². The van der Waals surface area contributed by atoms with Crippen molar-refractivity contribution in [2.75, 3.05) is 25.5 Å². The Morgan fingerprint density at radius 1 is 1.27 bits per heavy atom. The number of halogens is 2. The van der Waals surface area contributed by atoms with Gasteiger partial charge in [0.15, 0.2) is 23.6 Å². The third kappa shape index (κ3) is 4.41. The van der Waals surface area contributed by atoms with Gasteiger partial charge in [0.25, 0.3) is 5.91 Å². The number of ether oxygens (including phenoxy) is 2. The van der Waals surface area contributed by atoms with Crippen molar-refractivity contribution in [1.82, 2.24) is 0 Å². The van der Waals surface area contributed by atoms with Crippen LogP contribution in [0.15, 0.2) is 42.5 Å². The lowest BCUT2D eigenvalue weighted by molar-refractivity contribution is -0.896. The van der Waals surface area contributed by atoms with Crippen molar-refractivity contribution in [3.8, 4) is 11.5 Å². The fourth-order valence-corrected chi connectivity index (χ4v) is 3.21. The first-order valence-electron chi connectivity index (χ1n) is 8.40. The lowest BCUT2D eigenvalue weighted by Crippen LogP contribution is -3.15. The fourth-order valence-electron chi connectivity index (χ4n) is 2.76. The summed E-state index contributed by atoms with van der Waals surface area (Å²) in [6.45, 7) is 2.97. The van der Waals surface area contributed by atoms with E-state index in [9.17, 15) is 4.79 Å². The topological polar surface area (TPSA) is 52.0 Å². The summed E-state index contributed by atoms with van der Waals surface area (Å²) < 4.78 is 11.7. The molecule has 1 heterocycles. The highest BCUT2D eigenvalue weighted by atomic mass is 35.5. The van der Waals surface area contributed by atoms with Gasteiger partial charge in [0.1, 0.15) is 13.2 Å². The molecule has 2 aromatic rings. The molecule has 1 unspecified atom stereocenters. The number of anilines is 1. The number of hydrogen-bond acceptors (Lipinski definition) is 3. The Morgan fingerprint density at radius 3 is 2.73 bits per heavy atom. The summed E-state index contributed by atoms with van der Waals surface area (Å²) in [4.78, 5) is 13.5. The van der Waals surface area contributed by atoms with Gasteiger partial charge in [-0.15, -0.1) is 0 Å². The van der Waals surface area contributed by atoms with Crippen LogP contribution in [-0.2, 0) is 4.79 Å². The van der Waals surface area contributed by atoms with Crippen LogP contribution in [0.1, 0.15) is 6.92 Å². The summed E-state index contributed by atoms with van der Waals surface area (Å²) in [6, 6.07) is 12.3. The van der Waals surface area contributed by atoms with E-state index < -0.39 is 0 Å². The Balaban J connectivity index is 1.57. The van der Waals surface area contributed by atoms with Crippen molar-refractivity contribution < 1.29 is 19.2 Å². The number of nitrogens with one attached hydrogen (secondary N) is 2. The molecular formula is C19H21Cl2N2O3+. The molecule has 1 aliphatic heterocycles. The molecule has 26 heavy (non-hydrogen) atoms. The second-order valence-electron chi connectivity index (χ2n) is 6.38. The van der Waals surface area contributed by atoms with Crippen LogP contribution in [0.25, 0.3) is 0 Å². The molecule has 0 bridgehead atoms. The van der Waals surface area contributed by atoms with Crippen LogP contribution in [0.2, 0.25) is 10.0 Å². The Morgan fingerprint density at radius 2 is 2.00 bits per heavy atom. The molecule has 3 rings (SSSR count). The molecule has 1 aliphatic rings. The number of rotatable bonds is 5. The maximum atomic E-state index is 12.5. The van der Waals surface area contributed by atoms with E-state index in [4.69, 9.17) is 32.7 Å². The number of likely N-dealkylation sites (N-methyl/N-ethyl adjacent to an activating group) is 1. The molecule has 0 aliphatic carbocycles. The zero-order valence-electron chi connectivity index (χ0n) is 14.6. The smallest absolute Gasteiger partial charge is 0.282 e. The summed E-state index contributed by atoms with van der Waals surface area (Å²) in [5.74, 6) is 1.37. The highest BCUT2D eigenvalue weighted by Gasteiger charge is 2.29. The van der Waals surface area contributed by atoms with Gasteiger partial charge in [-0.25, -0.2) is 0 Å². The standard InChI is InChI=1S/C19H20Cl2N2O3/c1-12(19(24)22-16-8-7-13(20)9-15(16)21)23(2)10-14-11-25-17-5-3-4-6-18(17)26-14/h3-9,12,14H,10-11H2,1-2H3,(H,22,24)/p+1/t12-,14+/m0/s1. The lowest BCUT2D eigenvalue weighted by atomic mass is 10.2. The zero-order valence-corrected chi connectivity index (χ0v) is 16.1. The largest absolute Gasteiger partial charge is 0.486 e. The van der Waals surface area contributed by atoms with Crippen LogP contribution in [0, 0.1) is 0 Å². The number of para-hydroxylation sites is 2. The van der Waals surface area contributed by atoms with Crippen molar-refractivity contribution in [3.63, 3.8) is 0 Å². The highest BCUT2D eigenvalue weighted by Crippen LogP contribution is 2.30. The average Bonchev–Trinajstić information content (AvgIpc) is 2.63. The normalized spacial score (nSPS) is 18.1. The van der Waals surface area contributed by atoms with Crippen molar-refractivity contribution in [1.29, 1.82) is 0 Å². The molecular weight excluding hydrogens is 375 g/mol. The van der Waals surface area contributed by atoms with E-state index in [0.717, 1.165) is 16.4 Å². The number of carbonyl (C=O) groups excluding carboxylic acids is 1. The number of quaternary nitrogens is 1. The van der Waals surface area contributed by atoms with Gasteiger partial charge >= 0.3 is 0 Å². The summed E-state index contributed by atoms with van der Waals surface area (Å²) in [5.41, 5.74) is 0.548. The van der Waals surface area contributed by atoms with E-state index in [-0.39, 0.29) is 18.1 Å². The molecule has 2 aromatic carbocycles. The second kappa shape index (κ2) is 8.16. The first-order valence-corrected chi connectivity index (χ1v) is 9.16. The monoisotopic (exact) mass is 395 g/mol. The predicted octanol–water partition coefficient (Wildman–Crippen LogP) is 2.68. The van der Waals surface area contributed by atoms with Crippen LogP contribution < -0.4 is 19.7 Å². The summed E-state index contributed by atoms with van der Waals surface area (Å²) in [7, 11) is 1.96. The second-order valence-corrected chi connectivity index (χ2v) is 7.23. The van der Waals surface area contributed by atoms with Gasteiger partial charge in [-0.3, -0.25) is 4.79 Å². The summed E-state index contributed by atoms with van der Waals surface area (Å²) >= 11 is 12.0. The molecule has 1 amide bonds. The molecule has 0 aromatic heterocycles. The predicted molar refractivity (Wildman–Crippen MR) is 103 cm³/mol. The molecule has 5 nitrogen and oxygen atoms in total. The van der Waals surface area contributed by atoms with Gasteiger partial charge in [0.05, 0.1) is 17.8 Å². The van der Waals surface area contributed by atoms with E-state index in [1.54, 1.807) is 18.2 Å². The first-order chi connectivity index (χ1) is 12.4. The molecule has 0 spiro atoms. The van der Waals surface area contributed by atoms with Crippen molar-refractivity contribution in [2.45, 2.75) is 19.1 Å². The van der Waals surface area contributed by atoms with Crippen LogP contribution in [-0.4, -0.2) is 38.3 Å². The van der Waals surface area contributed by atoms with Crippen molar-refractivity contribution in [2.24, 2.45) is 0 Å². The SMILES string of the molecule is C[C@@H](C(=O)Nc1ccc(Cl)cc1Cl)[NH+](C)C[C@@H]1COc2ccccc2O1. The number of hydrogen-bond donors (Lipinski definition) is 2. The van der Waals surface area contributed by atoms with Gasteiger partial charge in [-0.2, -0.15) is 0 Å². The van der Waals surface area contributed by atoms with E-state index in [0.29, 0.717) is 28.9 Å². The van der Waals surface area contributed by atoms with Gasteiger partial charge in [0, 0.05) is 5.02 Å². The van der Waals surface area contributed by atoms with Gasteiger partial charge in [-0.1, -0.05) is 35.3 Å². The third-order valence-electron chi connectivity index (χ3n) is 4.44. The number of carbonyl (C=O) groups is 1. The minimum Gasteiger partial charge on any atom is -0.486 e. The molecule has 0 radical (unpaired) electrons. The van der Waals surface area contributed by atoms with Crippen molar-refractivity contribution in [3.05, 3.63) is 52.5 Å². The van der Waals surface area contributed by atoms with Crippen LogP contribution in [0.4, 0.5) is 5.69 Å². The van der Waals surface area contributed by atoms with Gasteiger partial charge in [-0.05, 0) is 37.3 Å². The van der Waals surface area contributed by atoms with E-state index in [2.05, 4.69) is 5.32 Å². The first kappa shape index (κ1) is 18.8. The Labute approximate surface area is 162 Å². The fraction of sp³-hybridized carbons (Fsp3) is 0.316. The van der Waals surface area contributed by atoms with E-state index >= 15 is 0 Å². The molecule has 0 fully saturated rings. The lowest BCUT2D eigenvalue weighted by Gasteiger charge is -2.29. The Hall–Kier alpha value is -1.95. The average molecular weight is 396 g/mol. The summed E-state index contributed by atoms with van der Waals surface area (Å²) in [5, 5.41) is 3.79. The van der Waals surface area contributed by atoms with E-state index in [1.807, 2.05) is 38.2 Å². The Kier molecular flexibility index (Phi) is 5.91. The molecule has 138 valence electrons. The highest BCUT2D eigenvalue weighted by molar-refractivity contribution is 6.36. The van der Waals surface area contributed by atoms with Crippen LogP contribution in [0.3, 0.4) is 0 Å². The third-order valence-corrected chi connectivity index (χ3v) is 4.99. The molecule has 3 atom stereocenters. The van der Waals surface area contributed by atoms with E-state index in [1.165, 1.54) is 0 Å². The minimum atomic E-state index is -0.289. The number of benzene rings is 2.